The molecule has 0 aromatic rings. The normalized spacial score (nSPS) is 12.3. The molecule has 0 aromatic carbocycles. The van der Waals surface area contributed by atoms with E-state index in [4.69, 9.17) is 14.2 Å². The van der Waals surface area contributed by atoms with Gasteiger partial charge in [0.05, 0.1) is 0 Å². The number of ether oxygens (including phenoxy) is 3. The third-order valence-corrected chi connectivity index (χ3v) is 15.5. The molecule has 0 heterocycles. The maximum atomic E-state index is 12.9. The van der Waals surface area contributed by atoms with E-state index in [1.54, 1.807) is 0 Å². The Balaban J connectivity index is 4.15. The predicted molar refractivity (Wildman–Crippen MR) is 339 cm³/mol. The van der Waals surface area contributed by atoms with Gasteiger partial charge in [0.25, 0.3) is 0 Å². The monoisotopic (exact) mass is 1090 g/mol. The summed E-state index contributed by atoms with van der Waals surface area (Å²) >= 11 is 0. The van der Waals surface area contributed by atoms with Crippen LogP contribution in [0.5, 0.6) is 0 Å². The minimum atomic E-state index is -0.782. The Morgan fingerprint density at radius 2 is 0.487 bits per heavy atom. The second-order valence-electron chi connectivity index (χ2n) is 23.4. The fourth-order valence-corrected chi connectivity index (χ4v) is 10.3. The lowest BCUT2D eigenvalue weighted by atomic mass is 10.0. The van der Waals surface area contributed by atoms with Crippen LogP contribution < -0.4 is 0 Å². The first-order chi connectivity index (χ1) is 38.5. The lowest BCUT2D eigenvalue weighted by Gasteiger charge is -2.18. The first kappa shape index (κ1) is 75.4. The Bertz CT molecular complexity index is 1350. The molecule has 0 spiro atoms. The van der Waals surface area contributed by atoms with Crippen molar-refractivity contribution >= 4 is 17.9 Å². The quantitative estimate of drug-likeness (QED) is 0.0261. The fourth-order valence-electron chi connectivity index (χ4n) is 10.3. The molecule has 0 radical (unpaired) electrons. The molecule has 0 aromatic heterocycles. The van der Waals surface area contributed by atoms with Gasteiger partial charge in [-0.05, 0) is 77.0 Å². The van der Waals surface area contributed by atoms with Gasteiger partial charge in [-0.1, -0.05) is 326 Å². The average Bonchev–Trinajstić information content (AvgIpc) is 3.44. The standard InChI is InChI=1S/C72H132O6/c1-4-7-10-13-16-19-22-24-26-28-30-32-33-34-35-36-37-38-39-41-42-44-46-48-50-53-56-59-62-65-71(74)77-68-69(67-76-70(73)64-61-58-55-52-21-18-15-12-9-6-3)78-72(75)66-63-60-57-54-51-49-47-45-43-40-31-29-27-25-23-20-17-14-11-8-5-2/h12,15,23,25,29,31,43,45,69H,4-11,13-14,16-22,24,26-28,30,32-42,44,46-68H2,1-3H3/b15-12-,25-23-,31-29-,45-43-. The smallest absolute Gasteiger partial charge is 0.306 e. The summed E-state index contributed by atoms with van der Waals surface area (Å²) in [5.74, 6) is -0.881. The minimum Gasteiger partial charge on any atom is -0.462 e. The highest BCUT2D eigenvalue weighted by molar-refractivity contribution is 5.71. The fraction of sp³-hybridized carbons (Fsp3) is 0.847. The van der Waals surface area contributed by atoms with Crippen LogP contribution >= 0.6 is 0 Å². The second kappa shape index (κ2) is 66.9. The Kier molecular flexibility index (Phi) is 64.6. The van der Waals surface area contributed by atoms with Crippen LogP contribution in [0.3, 0.4) is 0 Å². The summed E-state index contributed by atoms with van der Waals surface area (Å²) in [5, 5.41) is 0. The summed E-state index contributed by atoms with van der Waals surface area (Å²) in [5.41, 5.74) is 0. The van der Waals surface area contributed by atoms with Gasteiger partial charge in [0.2, 0.25) is 0 Å². The zero-order chi connectivity index (χ0) is 56.4. The van der Waals surface area contributed by atoms with Gasteiger partial charge in [-0.15, -0.1) is 0 Å². The number of allylic oxidation sites excluding steroid dienone is 8. The lowest BCUT2D eigenvalue weighted by Crippen LogP contribution is -2.30. The highest BCUT2D eigenvalue weighted by Gasteiger charge is 2.19. The summed E-state index contributed by atoms with van der Waals surface area (Å²) in [7, 11) is 0. The van der Waals surface area contributed by atoms with Crippen LogP contribution in [0.4, 0.5) is 0 Å². The van der Waals surface area contributed by atoms with E-state index in [1.165, 1.54) is 244 Å². The zero-order valence-electron chi connectivity index (χ0n) is 52.5. The van der Waals surface area contributed by atoms with Crippen LogP contribution in [-0.2, 0) is 28.6 Å². The van der Waals surface area contributed by atoms with Gasteiger partial charge in [0, 0.05) is 19.3 Å². The van der Waals surface area contributed by atoms with Crippen molar-refractivity contribution in [3.63, 3.8) is 0 Å². The number of esters is 3. The van der Waals surface area contributed by atoms with E-state index in [9.17, 15) is 14.4 Å². The molecule has 78 heavy (non-hydrogen) atoms. The van der Waals surface area contributed by atoms with Crippen LogP contribution in [0, 0.1) is 0 Å². The molecule has 0 saturated carbocycles. The Morgan fingerprint density at radius 3 is 0.782 bits per heavy atom. The Labute approximate surface area is 486 Å². The van der Waals surface area contributed by atoms with E-state index in [0.29, 0.717) is 19.3 Å². The van der Waals surface area contributed by atoms with Crippen molar-refractivity contribution in [1.82, 2.24) is 0 Å². The average molecular weight is 1090 g/mol. The van der Waals surface area contributed by atoms with E-state index in [2.05, 4.69) is 69.4 Å². The SMILES string of the molecule is CCC/C=C\CCCCCCCC(=O)OCC(COC(=O)CCCCCCCCCCCCCCCCCCCCCCCCCCCCCCC)OC(=O)CCCCCCCC/C=C\C/C=C\C/C=C\CCCCCCC. The van der Waals surface area contributed by atoms with Crippen molar-refractivity contribution in [3.05, 3.63) is 48.6 Å². The van der Waals surface area contributed by atoms with E-state index in [1.807, 2.05) is 0 Å². The molecule has 0 bridgehead atoms. The van der Waals surface area contributed by atoms with Crippen molar-refractivity contribution in [1.29, 1.82) is 0 Å². The van der Waals surface area contributed by atoms with Gasteiger partial charge in [-0.3, -0.25) is 14.4 Å². The molecule has 456 valence electrons. The van der Waals surface area contributed by atoms with Gasteiger partial charge in [-0.2, -0.15) is 0 Å². The maximum Gasteiger partial charge on any atom is 0.306 e. The molecule has 0 rings (SSSR count). The number of unbranched alkanes of at least 4 members (excludes halogenated alkanes) is 45. The van der Waals surface area contributed by atoms with Gasteiger partial charge < -0.3 is 14.2 Å². The van der Waals surface area contributed by atoms with Crippen LogP contribution in [0.15, 0.2) is 48.6 Å². The van der Waals surface area contributed by atoms with Crippen LogP contribution in [0.25, 0.3) is 0 Å². The summed E-state index contributed by atoms with van der Waals surface area (Å²) in [6.07, 6.45) is 84.4. The van der Waals surface area contributed by atoms with Crippen molar-refractivity contribution < 1.29 is 28.6 Å². The van der Waals surface area contributed by atoms with Crippen molar-refractivity contribution in [2.24, 2.45) is 0 Å². The summed E-state index contributed by atoms with van der Waals surface area (Å²) in [6.45, 7) is 6.61. The number of hydrogen-bond donors (Lipinski definition) is 0. The Morgan fingerprint density at radius 1 is 0.256 bits per heavy atom. The molecule has 6 nitrogen and oxygen atoms in total. The van der Waals surface area contributed by atoms with Crippen molar-refractivity contribution in [3.8, 4) is 0 Å². The summed E-state index contributed by atoms with van der Waals surface area (Å²) in [6, 6.07) is 0. The molecule has 0 aliphatic rings. The number of hydrogen-bond acceptors (Lipinski definition) is 6. The molecule has 0 fully saturated rings. The maximum absolute atomic E-state index is 12.9. The topological polar surface area (TPSA) is 78.9 Å². The molecule has 1 atom stereocenters. The molecular weight excluding hydrogens is 961 g/mol. The van der Waals surface area contributed by atoms with Crippen LogP contribution in [0.1, 0.15) is 374 Å². The number of rotatable bonds is 64. The number of carbonyl (C=O) groups is 3. The molecule has 0 N–H and O–H groups in total. The highest BCUT2D eigenvalue weighted by Crippen LogP contribution is 2.18. The largest absolute Gasteiger partial charge is 0.462 e. The van der Waals surface area contributed by atoms with Gasteiger partial charge in [-0.25, -0.2) is 0 Å². The number of carbonyl (C=O) groups excluding carboxylic acids is 3. The molecule has 0 amide bonds. The molecule has 6 heteroatoms. The lowest BCUT2D eigenvalue weighted by molar-refractivity contribution is -0.167. The van der Waals surface area contributed by atoms with Crippen LogP contribution in [-0.4, -0.2) is 37.2 Å². The minimum absolute atomic E-state index is 0.0779. The van der Waals surface area contributed by atoms with E-state index in [0.717, 1.165) is 89.9 Å². The zero-order valence-corrected chi connectivity index (χ0v) is 52.5. The van der Waals surface area contributed by atoms with E-state index in [-0.39, 0.29) is 31.1 Å². The first-order valence-electron chi connectivity index (χ1n) is 34.6. The predicted octanol–water partition coefficient (Wildman–Crippen LogP) is 23.7. The summed E-state index contributed by atoms with van der Waals surface area (Å²) in [4.78, 5) is 38.3. The van der Waals surface area contributed by atoms with E-state index < -0.39 is 6.10 Å². The highest BCUT2D eigenvalue weighted by atomic mass is 16.6. The molecule has 0 aliphatic heterocycles. The molecule has 0 aliphatic carbocycles. The Hall–Kier alpha value is -2.63. The second-order valence-corrected chi connectivity index (χ2v) is 23.4. The van der Waals surface area contributed by atoms with Crippen molar-refractivity contribution in [2.45, 2.75) is 380 Å². The molecule has 0 saturated heterocycles. The molecular formula is C72H132O6. The van der Waals surface area contributed by atoms with Crippen LogP contribution in [0.2, 0.25) is 0 Å². The molecule has 1 unspecified atom stereocenters. The summed E-state index contributed by atoms with van der Waals surface area (Å²) < 4.78 is 16.9. The van der Waals surface area contributed by atoms with Crippen molar-refractivity contribution in [2.75, 3.05) is 13.2 Å². The van der Waals surface area contributed by atoms with Gasteiger partial charge in [0.15, 0.2) is 6.10 Å². The first-order valence-corrected chi connectivity index (χ1v) is 34.6. The third-order valence-electron chi connectivity index (χ3n) is 15.5. The van der Waals surface area contributed by atoms with Gasteiger partial charge in [0.1, 0.15) is 13.2 Å². The third kappa shape index (κ3) is 64.2. The van der Waals surface area contributed by atoms with Gasteiger partial charge >= 0.3 is 17.9 Å². The van der Waals surface area contributed by atoms with E-state index >= 15 is 0 Å².